The third-order valence-electron chi connectivity index (χ3n) is 3.66. The molecule has 2 N–H and O–H groups in total. The number of hydrogen-bond donors (Lipinski definition) is 1. The van der Waals surface area contributed by atoms with Crippen molar-refractivity contribution in [2.45, 2.75) is 63.7 Å². The largest absolute Gasteiger partial charge is 0.327 e. The molecule has 0 aromatic rings. The standard InChI is InChI=1S/C12H25NO2S/c1-12(2,3)16(14,15)9-8-11(13)10-6-4-5-7-10/h10-11H,4-9,13H2,1-3H3. The van der Waals surface area contributed by atoms with Gasteiger partial charge >= 0.3 is 0 Å². The van der Waals surface area contributed by atoms with Gasteiger partial charge in [0.2, 0.25) is 0 Å². The van der Waals surface area contributed by atoms with Crippen LogP contribution in [0, 0.1) is 5.92 Å². The first-order valence-corrected chi connectivity index (χ1v) is 7.87. The SMILES string of the molecule is CC(C)(C)S(=O)(=O)CCC(N)C1CCCC1. The summed E-state index contributed by atoms with van der Waals surface area (Å²) in [5, 5.41) is 0. The molecule has 1 saturated carbocycles. The number of rotatable bonds is 4. The van der Waals surface area contributed by atoms with E-state index in [0.717, 1.165) is 0 Å². The van der Waals surface area contributed by atoms with Gasteiger partial charge in [-0.2, -0.15) is 0 Å². The molecule has 3 nitrogen and oxygen atoms in total. The van der Waals surface area contributed by atoms with E-state index in [9.17, 15) is 8.42 Å². The van der Waals surface area contributed by atoms with Gasteiger partial charge in [-0.25, -0.2) is 8.42 Å². The van der Waals surface area contributed by atoms with Crippen LogP contribution in [0.3, 0.4) is 0 Å². The Morgan fingerprint density at radius 2 is 1.75 bits per heavy atom. The van der Waals surface area contributed by atoms with Gasteiger partial charge in [-0.1, -0.05) is 12.8 Å². The minimum Gasteiger partial charge on any atom is -0.327 e. The zero-order valence-electron chi connectivity index (χ0n) is 10.7. The Kier molecular flexibility index (Phi) is 4.41. The van der Waals surface area contributed by atoms with Crippen molar-refractivity contribution in [3.63, 3.8) is 0 Å². The van der Waals surface area contributed by atoms with Crippen LogP contribution < -0.4 is 5.73 Å². The van der Waals surface area contributed by atoms with E-state index < -0.39 is 14.6 Å². The number of sulfone groups is 1. The Hall–Kier alpha value is -0.0900. The van der Waals surface area contributed by atoms with Gasteiger partial charge in [-0.05, 0) is 46.0 Å². The van der Waals surface area contributed by atoms with Gasteiger partial charge in [0, 0.05) is 6.04 Å². The first kappa shape index (κ1) is 14.0. The predicted molar refractivity (Wildman–Crippen MR) is 68.1 cm³/mol. The fourth-order valence-electron chi connectivity index (χ4n) is 2.22. The minimum absolute atomic E-state index is 0.0691. The predicted octanol–water partition coefficient (Wildman–Crippen LogP) is 2.11. The molecular formula is C12H25NO2S. The van der Waals surface area contributed by atoms with Crippen LogP contribution >= 0.6 is 0 Å². The molecule has 0 amide bonds. The molecule has 1 atom stereocenters. The summed E-state index contributed by atoms with van der Waals surface area (Å²) >= 11 is 0. The maximum atomic E-state index is 11.9. The lowest BCUT2D eigenvalue weighted by atomic mass is 9.97. The van der Waals surface area contributed by atoms with E-state index in [1.54, 1.807) is 20.8 Å². The maximum absolute atomic E-state index is 11.9. The number of nitrogens with two attached hydrogens (primary N) is 1. The number of hydrogen-bond acceptors (Lipinski definition) is 3. The van der Waals surface area contributed by atoms with Crippen LogP contribution in [0.4, 0.5) is 0 Å². The summed E-state index contributed by atoms with van der Waals surface area (Å²) in [5.74, 6) is 0.781. The molecule has 0 heterocycles. The summed E-state index contributed by atoms with van der Waals surface area (Å²) in [6.45, 7) is 5.26. The molecule has 0 saturated heterocycles. The normalized spacial score (nSPS) is 21.2. The summed E-state index contributed by atoms with van der Waals surface area (Å²) in [5.41, 5.74) is 6.06. The molecule has 96 valence electrons. The van der Waals surface area contributed by atoms with Crippen molar-refractivity contribution in [2.75, 3.05) is 5.75 Å². The molecule has 0 aliphatic heterocycles. The molecule has 0 bridgehead atoms. The van der Waals surface area contributed by atoms with Gasteiger partial charge in [0.15, 0.2) is 9.84 Å². The Morgan fingerprint density at radius 1 is 1.25 bits per heavy atom. The van der Waals surface area contributed by atoms with Crippen molar-refractivity contribution in [1.82, 2.24) is 0 Å². The van der Waals surface area contributed by atoms with Crippen LogP contribution in [0.15, 0.2) is 0 Å². The Morgan fingerprint density at radius 3 is 2.19 bits per heavy atom. The monoisotopic (exact) mass is 247 g/mol. The Balaban J connectivity index is 2.45. The van der Waals surface area contributed by atoms with Crippen molar-refractivity contribution in [1.29, 1.82) is 0 Å². The highest BCUT2D eigenvalue weighted by molar-refractivity contribution is 7.92. The van der Waals surface area contributed by atoms with Crippen molar-refractivity contribution in [3.05, 3.63) is 0 Å². The summed E-state index contributed by atoms with van der Waals surface area (Å²) in [6, 6.07) is 0.0691. The summed E-state index contributed by atoms with van der Waals surface area (Å²) in [4.78, 5) is 0. The minimum atomic E-state index is -3.00. The highest BCUT2D eigenvalue weighted by atomic mass is 32.2. The van der Waals surface area contributed by atoms with Crippen molar-refractivity contribution in [2.24, 2.45) is 11.7 Å². The second-order valence-corrected chi connectivity index (χ2v) is 8.79. The van der Waals surface area contributed by atoms with Gasteiger partial charge in [0.05, 0.1) is 10.5 Å². The van der Waals surface area contributed by atoms with E-state index in [2.05, 4.69) is 0 Å². The first-order valence-electron chi connectivity index (χ1n) is 6.22. The van der Waals surface area contributed by atoms with Crippen LogP contribution in [0.5, 0.6) is 0 Å². The molecule has 1 fully saturated rings. The maximum Gasteiger partial charge on any atom is 0.155 e. The smallest absolute Gasteiger partial charge is 0.155 e. The van der Waals surface area contributed by atoms with E-state index in [0.29, 0.717) is 12.3 Å². The highest BCUT2D eigenvalue weighted by Crippen LogP contribution is 2.28. The molecule has 0 spiro atoms. The second kappa shape index (κ2) is 5.05. The van der Waals surface area contributed by atoms with E-state index in [4.69, 9.17) is 5.73 Å². The first-order chi connectivity index (χ1) is 7.24. The molecule has 0 aromatic heterocycles. The van der Waals surface area contributed by atoms with Gasteiger partial charge in [0.1, 0.15) is 0 Å². The lowest BCUT2D eigenvalue weighted by Crippen LogP contribution is -2.35. The summed E-state index contributed by atoms with van der Waals surface area (Å²) < 4.78 is 23.2. The van der Waals surface area contributed by atoms with E-state index >= 15 is 0 Å². The average Bonchev–Trinajstić information content (AvgIpc) is 2.65. The zero-order chi connectivity index (χ0) is 12.4. The van der Waals surface area contributed by atoms with Gasteiger partial charge < -0.3 is 5.73 Å². The Labute approximate surface area is 99.7 Å². The van der Waals surface area contributed by atoms with Crippen LogP contribution in [-0.2, 0) is 9.84 Å². The molecule has 1 aliphatic carbocycles. The van der Waals surface area contributed by atoms with Gasteiger partial charge in [-0.3, -0.25) is 0 Å². The fourth-order valence-corrected chi connectivity index (χ4v) is 3.41. The van der Waals surface area contributed by atoms with Crippen LogP contribution in [0.1, 0.15) is 52.9 Å². The highest BCUT2D eigenvalue weighted by Gasteiger charge is 2.30. The van der Waals surface area contributed by atoms with Crippen LogP contribution in [0.2, 0.25) is 0 Å². The lowest BCUT2D eigenvalue weighted by molar-refractivity contribution is 0.420. The summed E-state index contributed by atoms with van der Waals surface area (Å²) in [6.07, 6.45) is 5.48. The Bertz CT molecular complexity index is 310. The fraction of sp³-hybridized carbons (Fsp3) is 1.00. The van der Waals surface area contributed by atoms with Crippen molar-refractivity contribution in [3.8, 4) is 0 Å². The summed E-state index contributed by atoms with van der Waals surface area (Å²) in [7, 11) is -3.00. The molecule has 0 aromatic carbocycles. The average molecular weight is 247 g/mol. The van der Waals surface area contributed by atoms with E-state index in [-0.39, 0.29) is 11.8 Å². The quantitative estimate of drug-likeness (QED) is 0.827. The molecule has 1 rings (SSSR count). The topological polar surface area (TPSA) is 60.2 Å². The molecule has 4 heteroatoms. The molecule has 1 unspecified atom stereocenters. The molecule has 16 heavy (non-hydrogen) atoms. The molecule has 0 radical (unpaired) electrons. The van der Waals surface area contributed by atoms with Crippen LogP contribution in [0.25, 0.3) is 0 Å². The zero-order valence-corrected chi connectivity index (χ0v) is 11.5. The third-order valence-corrected chi connectivity index (χ3v) is 6.30. The van der Waals surface area contributed by atoms with Crippen molar-refractivity contribution >= 4 is 9.84 Å². The molecule has 1 aliphatic rings. The van der Waals surface area contributed by atoms with Gasteiger partial charge in [0.25, 0.3) is 0 Å². The van der Waals surface area contributed by atoms with Gasteiger partial charge in [-0.15, -0.1) is 0 Å². The molecular weight excluding hydrogens is 222 g/mol. The van der Waals surface area contributed by atoms with E-state index in [1.807, 2.05) is 0 Å². The van der Waals surface area contributed by atoms with Crippen LogP contribution in [-0.4, -0.2) is 25.0 Å². The third kappa shape index (κ3) is 3.45. The van der Waals surface area contributed by atoms with Crippen molar-refractivity contribution < 1.29 is 8.42 Å². The lowest BCUT2D eigenvalue weighted by Gasteiger charge is -2.23. The second-order valence-electron chi connectivity index (χ2n) is 5.93. The van der Waals surface area contributed by atoms with E-state index in [1.165, 1.54) is 25.7 Å².